The van der Waals surface area contributed by atoms with E-state index in [1.165, 1.54) is 18.2 Å². The summed E-state index contributed by atoms with van der Waals surface area (Å²) in [5.74, 6) is 0. The second-order valence-electron chi connectivity index (χ2n) is 8.31. The van der Waals surface area contributed by atoms with Crippen LogP contribution in [0.4, 0.5) is 11.4 Å². The minimum Gasteiger partial charge on any atom is -0.361 e. The van der Waals surface area contributed by atoms with Gasteiger partial charge < -0.3 is 9.88 Å². The van der Waals surface area contributed by atoms with Gasteiger partial charge in [0.2, 0.25) is 9.84 Å². The van der Waals surface area contributed by atoms with E-state index in [2.05, 4.69) is 4.98 Å². The van der Waals surface area contributed by atoms with Crippen molar-refractivity contribution in [2.45, 2.75) is 10.3 Å². The van der Waals surface area contributed by atoms with E-state index in [9.17, 15) is 23.8 Å². The molecule has 1 heterocycles. The molecular formula is C27H20N4O4S. The molecule has 0 radical (unpaired) electrons. The van der Waals surface area contributed by atoms with E-state index in [0.717, 1.165) is 10.9 Å². The van der Waals surface area contributed by atoms with Crippen LogP contribution in [0.2, 0.25) is 0 Å². The molecule has 0 fully saturated rings. The Labute approximate surface area is 207 Å². The second kappa shape index (κ2) is 8.83. The van der Waals surface area contributed by atoms with E-state index >= 15 is 0 Å². The molecule has 0 aliphatic rings. The Hall–Kier alpha value is -4.68. The number of nitrogens with zero attached hydrogens (tertiary/aromatic N) is 3. The Morgan fingerprint density at radius 3 is 2.42 bits per heavy atom. The van der Waals surface area contributed by atoms with Gasteiger partial charge in [0.25, 0.3) is 5.69 Å². The highest BCUT2D eigenvalue weighted by Gasteiger charge is 2.35. The first-order valence-electron chi connectivity index (χ1n) is 11.0. The van der Waals surface area contributed by atoms with Crippen LogP contribution in [0.5, 0.6) is 0 Å². The van der Waals surface area contributed by atoms with Crippen molar-refractivity contribution in [2.75, 3.05) is 11.9 Å². The first-order valence-corrected chi connectivity index (χ1v) is 12.6. The van der Waals surface area contributed by atoms with Crippen molar-refractivity contribution in [2.24, 2.45) is 0 Å². The molecular weight excluding hydrogens is 476 g/mol. The Kier molecular flexibility index (Phi) is 5.66. The van der Waals surface area contributed by atoms with Gasteiger partial charge in [-0.05, 0) is 42.0 Å². The van der Waals surface area contributed by atoms with E-state index < -0.39 is 20.1 Å². The first-order chi connectivity index (χ1) is 17.3. The summed E-state index contributed by atoms with van der Waals surface area (Å²) in [6.45, 7) is 0. The van der Waals surface area contributed by atoms with Crippen molar-refractivity contribution in [1.82, 2.24) is 4.98 Å². The number of nitro benzene ring substituents is 1. The summed E-state index contributed by atoms with van der Waals surface area (Å²) >= 11 is 0. The molecule has 5 aromatic rings. The lowest BCUT2D eigenvalue weighted by Crippen LogP contribution is -2.31. The molecule has 1 N–H and O–H groups in total. The molecule has 0 bridgehead atoms. The number of sulfone groups is 1. The van der Waals surface area contributed by atoms with Gasteiger partial charge in [0.15, 0.2) is 5.37 Å². The largest absolute Gasteiger partial charge is 0.361 e. The molecule has 1 atom stereocenters. The Bertz CT molecular complexity index is 1770. The lowest BCUT2D eigenvalue weighted by atomic mass is 10.0. The topological polar surface area (TPSA) is 120 Å². The highest BCUT2D eigenvalue weighted by Crippen LogP contribution is 2.42. The van der Waals surface area contributed by atoms with Crippen LogP contribution in [0.25, 0.3) is 21.7 Å². The van der Waals surface area contributed by atoms with E-state index in [0.29, 0.717) is 16.6 Å². The van der Waals surface area contributed by atoms with E-state index in [1.54, 1.807) is 72.7 Å². The first kappa shape index (κ1) is 23.1. The number of fused-ring (bicyclic) bond motifs is 2. The van der Waals surface area contributed by atoms with Gasteiger partial charge in [-0.2, -0.15) is 5.26 Å². The molecule has 0 aliphatic heterocycles. The van der Waals surface area contributed by atoms with Crippen molar-refractivity contribution < 1.29 is 13.3 Å². The highest BCUT2D eigenvalue weighted by atomic mass is 32.2. The number of nitrogens with one attached hydrogen (secondary N) is 1. The Morgan fingerprint density at radius 1 is 0.944 bits per heavy atom. The third-order valence-corrected chi connectivity index (χ3v) is 8.39. The quantitative estimate of drug-likeness (QED) is 0.237. The highest BCUT2D eigenvalue weighted by molar-refractivity contribution is 7.91. The summed E-state index contributed by atoms with van der Waals surface area (Å²) in [6.07, 6.45) is 1.75. The SMILES string of the molecule is CN(c1ccc([N+](=O)[O-])c2c(C#N)cccc12)C(c1cccc2[nH]ccc12)S(=O)(=O)c1ccccc1. The number of nitriles is 1. The second-order valence-corrected chi connectivity index (χ2v) is 10.3. The zero-order valence-corrected chi connectivity index (χ0v) is 19.9. The molecule has 0 amide bonds. The third-order valence-electron chi connectivity index (χ3n) is 6.30. The Balaban J connectivity index is 1.81. The van der Waals surface area contributed by atoms with Crippen LogP contribution in [0, 0.1) is 21.4 Å². The van der Waals surface area contributed by atoms with Crippen LogP contribution in [-0.2, 0) is 9.84 Å². The van der Waals surface area contributed by atoms with E-state index in [-0.39, 0.29) is 21.5 Å². The maximum absolute atomic E-state index is 14.1. The van der Waals surface area contributed by atoms with Gasteiger partial charge in [-0.15, -0.1) is 0 Å². The summed E-state index contributed by atoms with van der Waals surface area (Å²) < 4.78 is 28.3. The van der Waals surface area contributed by atoms with Crippen molar-refractivity contribution in [3.05, 3.63) is 112 Å². The maximum atomic E-state index is 14.1. The van der Waals surface area contributed by atoms with Crippen LogP contribution in [0.1, 0.15) is 16.5 Å². The Morgan fingerprint density at radius 2 is 1.69 bits per heavy atom. The molecule has 1 unspecified atom stereocenters. The van der Waals surface area contributed by atoms with Crippen molar-refractivity contribution >= 4 is 42.9 Å². The smallest absolute Gasteiger partial charge is 0.278 e. The summed E-state index contributed by atoms with van der Waals surface area (Å²) in [7, 11) is -2.32. The molecule has 0 saturated heterocycles. The molecule has 0 aliphatic carbocycles. The molecule has 178 valence electrons. The molecule has 0 spiro atoms. The third kappa shape index (κ3) is 3.65. The molecule has 1 aromatic heterocycles. The van der Waals surface area contributed by atoms with Crippen molar-refractivity contribution in [3.8, 4) is 6.07 Å². The fourth-order valence-electron chi connectivity index (χ4n) is 4.70. The number of aromatic nitrogens is 1. The van der Waals surface area contributed by atoms with Gasteiger partial charge in [0.1, 0.15) is 6.07 Å². The molecule has 0 saturated carbocycles. The standard InChI is InChI=1S/C27H20N4O4S/c1-30(24-13-14-25(31(32)33)26-18(17-28)7-5-11-22(24)26)27(36(34,35)19-8-3-2-4-9-19)21-10-6-12-23-20(21)15-16-29-23/h2-16,27,29H,1H3. The normalized spacial score (nSPS) is 12.3. The summed E-state index contributed by atoms with van der Waals surface area (Å²) in [5, 5.41) is 21.6. The molecule has 4 aromatic carbocycles. The van der Waals surface area contributed by atoms with Gasteiger partial charge in [0, 0.05) is 41.3 Å². The van der Waals surface area contributed by atoms with Crippen LogP contribution in [0.15, 0.2) is 96.0 Å². The van der Waals surface area contributed by atoms with Crippen molar-refractivity contribution in [3.63, 3.8) is 0 Å². The molecule has 8 nitrogen and oxygen atoms in total. The zero-order valence-electron chi connectivity index (χ0n) is 19.1. The molecule has 5 rings (SSSR count). The fraction of sp³-hybridized carbons (Fsp3) is 0.0741. The van der Waals surface area contributed by atoms with Gasteiger partial charge in [-0.25, -0.2) is 8.42 Å². The number of rotatable bonds is 6. The van der Waals surface area contributed by atoms with Crippen LogP contribution >= 0.6 is 0 Å². The monoisotopic (exact) mass is 496 g/mol. The van der Waals surface area contributed by atoms with Gasteiger partial charge in [0.05, 0.1) is 20.8 Å². The summed E-state index contributed by atoms with van der Waals surface area (Å²) in [6, 6.07) is 25.1. The number of non-ortho nitro benzene ring substituents is 1. The van der Waals surface area contributed by atoms with Gasteiger partial charge in [-0.3, -0.25) is 10.1 Å². The zero-order chi connectivity index (χ0) is 25.4. The van der Waals surface area contributed by atoms with Gasteiger partial charge in [-0.1, -0.05) is 42.5 Å². The number of hydrogen-bond donors (Lipinski definition) is 1. The number of nitro groups is 1. The molecule has 9 heteroatoms. The number of hydrogen-bond acceptors (Lipinski definition) is 6. The minimum atomic E-state index is -3.97. The predicted molar refractivity (Wildman–Crippen MR) is 138 cm³/mol. The fourth-order valence-corrected chi connectivity index (χ4v) is 6.56. The van der Waals surface area contributed by atoms with Crippen LogP contribution < -0.4 is 4.90 Å². The summed E-state index contributed by atoms with van der Waals surface area (Å²) in [4.78, 5) is 16.1. The predicted octanol–water partition coefficient (Wildman–Crippen LogP) is 5.71. The lowest BCUT2D eigenvalue weighted by Gasteiger charge is -2.31. The van der Waals surface area contributed by atoms with Crippen LogP contribution in [-0.4, -0.2) is 25.4 Å². The van der Waals surface area contributed by atoms with E-state index in [1.807, 2.05) is 18.2 Å². The number of H-pyrrole nitrogens is 1. The number of aromatic amines is 1. The average molecular weight is 497 g/mol. The average Bonchev–Trinajstić information content (AvgIpc) is 3.38. The summed E-state index contributed by atoms with van der Waals surface area (Å²) in [5.41, 5.74) is 1.72. The number of benzene rings is 4. The molecule has 36 heavy (non-hydrogen) atoms. The van der Waals surface area contributed by atoms with Crippen LogP contribution in [0.3, 0.4) is 0 Å². The minimum absolute atomic E-state index is 0.143. The lowest BCUT2D eigenvalue weighted by molar-refractivity contribution is -0.383. The van der Waals surface area contributed by atoms with E-state index in [4.69, 9.17) is 0 Å². The number of anilines is 1. The van der Waals surface area contributed by atoms with Gasteiger partial charge >= 0.3 is 0 Å². The van der Waals surface area contributed by atoms with Crippen molar-refractivity contribution in [1.29, 1.82) is 5.26 Å². The maximum Gasteiger partial charge on any atom is 0.278 e.